The average Bonchev–Trinajstić information content (AvgIpc) is 2.78. The van der Waals surface area contributed by atoms with Crippen molar-refractivity contribution in [3.8, 4) is 17.2 Å². The van der Waals surface area contributed by atoms with Crippen molar-refractivity contribution in [1.82, 2.24) is 4.98 Å². The van der Waals surface area contributed by atoms with E-state index in [-0.39, 0.29) is 11.5 Å². The van der Waals surface area contributed by atoms with Gasteiger partial charge in [0.2, 0.25) is 0 Å². The van der Waals surface area contributed by atoms with Crippen LogP contribution < -0.4 is 24.8 Å². The molecule has 0 atom stereocenters. The predicted octanol–water partition coefficient (Wildman–Crippen LogP) is 3.61. The molecule has 0 aliphatic heterocycles. The van der Waals surface area contributed by atoms with Crippen LogP contribution >= 0.6 is 0 Å². The van der Waals surface area contributed by atoms with Crippen molar-refractivity contribution >= 4 is 23.2 Å². The lowest BCUT2D eigenvalue weighted by Crippen LogP contribution is -2.15. The van der Waals surface area contributed by atoms with Crippen molar-refractivity contribution in [1.29, 1.82) is 0 Å². The van der Waals surface area contributed by atoms with Crippen molar-refractivity contribution in [2.75, 3.05) is 32.0 Å². The molecule has 0 bridgehead atoms. The monoisotopic (exact) mass is 407 g/mol. The van der Waals surface area contributed by atoms with Gasteiger partial charge in [-0.15, -0.1) is 0 Å². The van der Waals surface area contributed by atoms with Crippen LogP contribution in [0.4, 0.5) is 11.4 Å². The third-order valence-electron chi connectivity index (χ3n) is 4.27. The molecule has 1 aromatic heterocycles. The molecule has 0 radical (unpaired) electrons. The predicted molar refractivity (Wildman–Crippen MR) is 113 cm³/mol. The zero-order chi connectivity index (χ0) is 21.5. The summed E-state index contributed by atoms with van der Waals surface area (Å²) in [7, 11) is 4.46. The van der Waals surface area contributed by atoms with Gasteiger partial charge in [0.25, 0.3) is 11.8 Å². The highest BCUT2D eigenvalue weighted by atomic mass is 16.5. The molecule has 2 amide bonds. The Bertz CT molecular complexity index is 1050. The maximum absolute atomic E-state index is 12.8. The third-order valence-corrected chi connectivity index (χ3v) is 4.27. The molecule has 2 aromatic carbocycles. The Kier molecular flexibility index (Phi) is 6.49. The molecule has 8 nitrogen and oxygen atoms in total. The van der Waals surface area contributed by atoms with Crippen LogP contribution in [0.25, 0.3) is 0 Å². The van der Waals surface area contributed by atoms with E-state index in [0.29, 0.717) is 34.2 Å². The van der Waals surface area contributed by atoms with Gasteiger partial charge < -0.3 is 24.8 Å². The fourth-order valence-corrected chi connectivity index (χ4v) is 2.79. The van der Waals surface area contributed by atoms with Crippen LogP contribution in [-0.2, 0) is 0 Å². The lowest BCUT2D eigenvalue weighted by Gasteiger charge is -2.14. The molecule has 0 spiro atoms. The van der Waals surface area contributed by atoms with E-state index in [0.717, 1.165) is 0 Å². The van der Waals surface area contributed by atoms with Crippen molar-refractivity contribution < 1.29 is 23.8 Å². The highest BCUT2D eigenvalue weighted by Crippen LogP contribution is 2.35. The van der Waals surface area contributed by atoms with Crippen LogP contribution in [0.2, 0.25) is 0 Å². The van der Waals surface area contributed by atoms with Crippen molar-refractivity contribution in [3.05, 3.63) is 72.1 Å². The molecule has 8 heteroatoms. The van der Waals surface area contributed by atoms with E-state index in [2.05, 4.69) is 15.6 Å². The number of aromatic nitrogens is 1. The molecule has 0 saturated heterocycles. The molecule has 3 rings (SSSR count). The molecule has 0 fully saturated rings. The molecular formula is C22H21N3O5. The van der Waals surface area contributed by atoms with Gasteiger partial charge in [-0.05, 0) is 30.3 Å². The lowest BCUT2D eigenvalue weighted by molar-refractivity contribution is 0.101. The number of ether oxygens (including phenoxy) is 3. The largest absolute Gasteiger partial charge is 0.496 e. The van der Waals surface area contributed by atoms with Gasteiger partial charge in [-0.2, -0.15) is 0 Å². The van der Waals surface area contributed by atoms with Gasteiger partial charge in [0.1, 0.15) is 5.75 Å². The minimum absolute atomic E-state index is 0.276. The molecule has 1 heterocycles. The number of benzene rings is 2. The molecule has 0 aliphatic rings. The summed E-state index contributed by atoms with van der Waals surface area (Å²) in [6.07, 6.45) is 3.09. The van der Waals surface area contributed by atoms with Gasteiger partial charge in [0, 0.05) is 41.5 Å². The maximum Gasteiger partial charge on any atom is 0.259 e. The summed E-state index contributed by atoms with van der Waals surface area (Å²) < 4.78 is 15.8. The van der Waals surface area contributed by atoms with E-state index in [4.69, 9.17) is 14.2 Å². The lowest BCUT2D eigenvalue weighted by atomic mass is 10.1. The van der Waals surface area contributed by atoms with Gasteiger partial charge in [-0.1, -0.05) is 6.07 Å². The first-order valence-electron chi connectivity index (χ1n) is 8.98. The SMILES string of the molecule is COc1cc(OC)c(C(=O)Nc2cccc(NC(=O)c3ccncc3)c2)cc1OC. The molecule has 0 saturated carbocycles. The summed E-state index contributed by atoms with van der Waals surface area (Å²) in [6, 6.07) is 13.2. The number of pyridine rings is 1. The van der Waals surface area contributed by atoms with Gasteiger partial charge in [-0.3, -0.25) is 14.6 Å². The quantitative estimate of drug-likeness (QED) is 0.621. The summed E-state index contributed by atoms with van der Waals surface area (Å²) in [5, 5.41) is 5.59. The van der Waals surface area contributed by atoms with Gasteiger partial charge >= 0.3 is 0 Å². The third kappa shape index (κ3) is 4.67. The van der Waals surface area contributed by atoms with Crippen LogP contribution in [0.15, 0.2) is 60.9 Å². The van der Waals surface area contributed by atoms with Crippen LogP contribution in [0.3, 0.4) is 0 Å². The number of methoxy groups -OCH3 is 3. The molecule has 0 aliphatic carbocycles. The number of amides is 2. The van der Waals surface area contributed by atoms with Gasteiger partial charge in [0.05, 0.1) is 26.9 Å². The number of nitrogens with zero attached hydrogens (tertiary/aromatic N) is 1. The Labute approximate surface area is 173 Å². The number of hydrogen-bond donors (Lipinski definition) is 2. The van der Waals surface area contributed by atoms with Crippen LogP contribution in [0, 0.1) is 0 Å². The number of rotatable bonds is 7. The molecule has 30 heavy (non-hydrogen) atoms. The number of carbonyl (C=O) groups is 2. The van der Waals surface area contributed by atoms with E-state index in [1.165, 1.54) is 21.3 Å². The standard InChI is InChI=1S/C22H21N3O5/c1-28-18-13-20(30-3)19(29-2)12-17(18)22(27)25-16-6-4-5-15(11-16)24-21(26)14-7-9-23-10-8-14/h4-13H,1-3H3,(H,24,26)(H,25,27). The first-order chi connectivity index (χ1) is 14.5. The Hall–Kier alpha value is -4.07. The molecule has 2 N–H and O–H groups in total. The first kappa shape index (κ1) is 20.7. The summed E-state index contributed by atoms with van der Waals surface area (Å²) in [5.41, 5.74) is 1.80. The van der Waals surface area contributed by atoms with Crippen LogP contribution in [0.5, 0.6) is 17.2 Å². The van der Waals surface area contributed by atoms with E-state index in [1.807, 2.05) is 0 Å². The average molecular weight is 407 g/mol. The highest BCUT2D eigenvalue weighted by Gasteiger charge is 2.18. The first-order valence-corrected chi connectivity index (χ1v) is 8.98. The normalized spacial score (nSPS) is 10.1. The van der Waals surface area contributed by atoms with Crippen molar-refractivity contribution in [2.24, 2.45) is 0 Å². The number of nitrogens with one attached hydrogen (secondary N) is 2. The van der Waals surface area contributed by atoms with E-state index in [9.17, 15) is 9.59 Å². The second-order valence-electron chi connectivity index (χ2n) is 6.13. The Morgan fingerprint density at radius 1 is 0.733 bits per heavy atom. The van der Waals surface area contributed by atoms with Crippen molar-refractivity contribution in [3.63, 3.8) is 0 Å². The molecular weight excluding hydrogens is 386 g/mol. The van der Waals surface area contributed by atoms with Crippen LogP contribution in [0.1, 0.15) is 20.7 Å². The second-order valence-corrected chi connectivity index (χ2v) is 6.13. The van der Waals surface area contributed by atoms with Gasteiger partial charge in [0.15, 0.2) is 11.5 Å². The van der Waals surface area contributed by atoms with E-state index < -0.39 is 5.91 Å². The summed E-state index contributed by atoms with van der Waals surface area (Å²) in [4.78, 5) is 29.0. The number of anilines is 2. The minimum Gasteiger partial charge on any atom is -0.496 e. The van der Waals surface area contributed by atoms with Crippen LogP contribution in [-0.4, -0.2) is 38.1 Å². The fraction of sp³-hybridized carbons (Fsp3) is 0.136. The topological polar surface area (TPSA) is 98.8 Å². The highest BCUT2D eigenvalue weighted by molar-refractivity contribution is 6.08. The minimum atomic E-state index is -0.398. The number of hydrogen-bond acceptors (Lipinski definition) is 6. The Morgan fingerprint density at radius 3 is 1.90 bits per heavy atom. The number of carbonyl (C=O) groups excluding carboxylic acids is 2. The maximum atomic E-state index is 12.8. The van der Waals surface area contributed by atoms with E-state index >= 15 is 0 Å². The summed E-state index contributed by atoms with van der Waals surface area (Å²) >= 11 is 0. The molecule has 154 valence electrons. The second kappa shape index (κ2) is 9.42. The fourth-order valence-electron chi connectivity index (χ4n) is 2.79. The Balaban J connectivity index is 1.79. The smallest absolute Gasteiger partial charge is 0.259 e. The Morgan fingerprint density at radius 2 is 1.30 bits per heavy atom. The van der Waals surface area contributed by atoms with Crippen molar-refractivity contribution in [2.45, 2.75) is 0 Å². The zero-order valence-electron chi connectivity index (χ0n) is 16.8. The molecule has 0 unspecified atom stereocenters. The van der Waals surface area contributed by atoms with E-state index in [1.54, 1.807) is 60.9 Å². The zero-order valence-corrected chi connectivity index (χ0v) is 16.8. The summed E-state index contributed by atoms with van der Waals surface area (Å²) in [6.45, 7) is 0. The van der Waals surface area contributed by atoms with Gasteiger partial charge in [-0.25, -0.2) is 0 Å². The summed E-state index contributed by atoms with van der Waals surface area (Å²) in [5.74, 6) is 0.522. The molecule has 3 aromatic rings.